The van der Waals surface area contributed by atoms with Crippen molar-refractivity contribution in [3.05, 3.63) is 24.0 Å². The molecule has 0 amide bonds. The fourth-order valence-corrected chi connectivity index (χ4v) is 0.797. The number of carbonyl (C=O) groups excluding carboxylic acids is 1. The van der Waals surface area contributed by atoms with Crippen LogP contribution in [-0.2, 0) is 0 Å². The van der Waals surface area contributed by atoms with E-state index in [0.717, 1.165) is 0 Å². The second-order valence-corrected chi connectivity index (χ2v) is 5.12. The number of carboxylic acids is 1. The standard InChI is InChI=1S/C6H5ClN2O2.3C3H7O.4H3N/c7-9-4-2-1-3-8-5(4)6(10)11;3*1-3(2)4;;;;/h1-3,9H,(H,10,11);3*3H,1-2H3;4*1H3/q;3*-1;;;;/p+3. The van der Waals surface area contributed by atoms with Crippen LogP contribution in [0.3, 0.4) is 0 Å². The highest BCUT2D eigenvalue weighted by molar-refractivity contribution is 6.24. The second-order valence-electron chi connectivity index (χ2n) is 4.93. The van der Waals surface area contributed by atoms with Crippen LogP contribution in [0.15, 0.2) is 18.3 Å². The number of quaternary nitrogens is 4. The fraction of sp³-hybridized carbons (Fsp3) is 0.600. The van der Waals surface area contributed by atoms with Crippen molar-refractivity contribution in [1.82, 2.24) is 29.6 Å². The quantitative estimate of drug-likeness (QED) is 0.427. The lowest BCUT2D eigenvalue weighted by Gasteiger charge is -2.05. The number of nitrogens with zero attached hydrogens (tertiary/aromatic N) is 1. The lowest BCUT2D eigenvalue weighted by molar-refractivity contribution is -0.408. The summed E-state index contributed by atoms with van der Waals surface area (Å²) in [7, 11) is 0. The van der Waals surface area contributed by atoms with Crippen molar-refractivity contribution in [2.45, 2.75) is 59.9 Å². The molecule has 27 heavy (non-hydrogen) atoms. The van der Waals surface area contributed by atoms with Crippen LogP contribution in [0.25, 0.3) is 0 Å². The smallest absolute Gasteiger partial charge is 0.110 e. The summed E-state index contributed by atoms with van der Waals surface area (Å²) >= 11 is 5.20. The molecule has 1 rings (SSSR count). The summed E-state index contributed by atoms with van der Waals surface area (Å²) in [6.07, 6.45) is 0.100. The van der Waals surface area contributed by atoms with Crippen molar-refractivity contribution in [3.8, 4) is 0 Å². The highest BCUT2D eigenvalue weighted by Gasteiger charge is 2.00. The third-order valence-corrected chi connectivity index (χ3v) is 1.31. The van der Waals surface area contributed by atoms with Crippen molar-refractivity contribution >= 4 is 23.4 Å². The molecule has 0 aromatic carbocycles. The van der Waals surface area contributed by atoms with Crippen LogP contribution in [-0.4, -0.2) is 29.3 Å². The van der Waals surface area contributed by atoms with E-state index in [2.05, 4.69) is 9.82 Å². The molecular formula is C15H41ClN6O5. The Morgan fingerprint density at radius 3 is 1.41 bits per heavy atom. The topological polar surface area (TPSA) is 280 Å². The average molecular weight is 421 g/mol. The Kier molecular flexibility index (Phi) is 48.3. The predicted molar refractivity (Wildman–Crippen MR) is 107 cm³/mol. The zero-order valence-electron chi connectivity index (χ0n) is 18.3. The molecule has 12 heteroatoms. The monoisotopic (exact) mass is 420 g/mol. The van der Waals surface area contributed by atoms with Gasteiger partial charge in [0.2, 0.25) is 0 Å². The SMILES string of the molecule is CC(C)[O-].CC(C)[O-].CC(C)[O-].O=C([O-])c1ncccc1NCl.[NH4+].[NH4+].[NH4+].[NH4+]. The molecule has 0 aliphatic heterocycles. The Hall–Kier alpha value is -1.57. The predicted octanol–water partition coefficient (Wildman–Crippen LogP) is 0.781. The number of aromatic carboxylic acids is 1. The second kappa shape index (κ2) is 29.2. The van der Waals surface area contributed by atoms with E-state index in [4.69, 9.17) is 11.8 Å². The molecule has 11 nitrogen and oxygen atoms in total. The van der Waals surface area contributed by atoms with Crippen molar-refractivity contribution in [2.75, 3.05) is 4.84 Å². The minimum absolute atomic E-state index is 0. The van der Waals surface area contributed by atoms with Crippen LogP contribution >= 0.6 is 11.8 Å². The Morgan fingerprint density at radius 1 is 0.926 bits per heavy atom. The van der Waals surface area contributed by atoms with Gasteiger partial charge in [-0.1, -0.05) is 41.5 Å². The van der Waals surface area contributed by atoms with Gasteiger partial charge in [-0.25, -0.2) is 0 Å². The lowest BCUT2D eigenvalue weighted by Crippen LogP contribution is -2.24. The molecule has 17 N–H and O–H groups in total. The molecule has 0 fully saturated rings. The average Bonchev–Trinajstić information content (AvgIpc) is 2.36. The van der Waals surface area contributed by atoms with Gasteiger partial charge in [0.15, 0.2) is 0 Å². The molecule has 1 aromatic rings. The summed E-state index contributed by atoms with van der Waals surface area (Å²) in [4.78, 5) is 16.0. The van der Waals surface area contributed by atoms with Gasteiger partial charge in [0, 0.05) is 18.0 Å². The number of hydrogen-bond donors (Lipinski definition) is 5. The first-order valence-electron chi connectivity index (χ1n) is 6.96. The van der Waals surface area contributed by atoms with Gasteiger partial charge in [-0.3, -0.25) is 9.82 Å². The molecule has 0 atom stereocenters. The first-order valence-corrected chi connectivity index (χ1v) is 7.33. The lowest BCUT2D eigenvalue weighted by atomic mass is 10.3. The third kappa shape index (κ3) is 51.6. The van der Waals surface area contributed by atoms with Gasteiger partial charge in [-0.15, -0.1) is 18.3 Å². The van der Waals surface area contributed by atoms with E-state index in [1.165, 1.54) is 12.3 Å². The van der Waals surface area contributed by atoms with E-state index in [1.807, 2.05) is 0 Å². The van der Waals surface area contributed by atoms with E-state index >= 15 is 0 Å². The molecule has 0 saturated carbocycles. The van der Waals surface area contributed by atoms with Gasteiger partial charge in [-0.2, -0.15) is 0 Å². The number of rotatable bonds is 2. The molecule has 0 aliphatic carbocycles. The first kappa shape index (κ1) is 44.7. The normalized spacial score (nSPS) is 7.74. The fourth-order valence-electron chi connectivity index (χ4n) is 0.644. The summed E-state index contributed by atoms with van der Waals surface area (Å²) in [5.41, 5.74) is 0.0386. The highest BCUT2D eigenvalue weighted by Crippen LogP contribution is 2.11. The minimum atomic E-state index is -1.35. The zero-order valence-corrected chi connectivity index (χ0v) is 19.1. The number of nitrogens with one attached hydrogen (secondary N) is 1. The van der Waals surface area contributed by atoms with Gasteiger partial charge < -0.3 is 49.8 Å². The van der Waals surface area contributed by atoms with Gasteiger partial charge in [0.25, 0.3) is 0 Å². The van der Waals surface area contributed by atoms with Crippen LogP contribution in [0.1, 0.15) is 52.0 Å². The molecule has 168 valence electrons. The van der Waals surface area contributed by atoms with Crippen LogP contribution in [0.5, 0.6) is 0 Å². The van der Waals surface area contributed by atoms with Crippen molar-refractivity contribution in [3.63, 3.8) is 0 Å². The van der Waals surface area contributed by atoms with E-state index in [1.54, 1.807) is 47.6 Å². The van der Waals surface area contributed by atoms with Gasteiger partial charge >= 0.3 is 0 Å². The molecule has 0 unspecified atom stereocenters. The molecule has 0 bridgehead atoms. The zero-order chi connectivity index (χ0) is 19.0. The number of halogens is 1. The Balaban J connectivity index is -0.0000000432. The molecule has 1 aromatic heterocycles. The van der Waals surface area contributed by atoms with Crippen molar-refractivity contribution < 1.29 is 25.2 Å². The van der Waals surface area contributed by atoms with Crippen molar-refractivity contribution in [2.24, 2.45) is 0 Å². The van der Waals surface area contributed by atoms with E-state index < -0.39 is 24.3 Å². The van der Waals surface area contributed by atoms with Gasteiger partial charge in [0.1, 0.15) is 5.69 Å². The van der Waals surface area contributed by atoms with Crippen LogP contribution < -0.4 is 49.9 Å². The number of anilines is 1. The first-order chi connectivity index (χ1) is 10.4. The Bertz CT molecular complexity index is 390. The number of pyridine rings is 1. The molecule has 0 radical (unpaired) electrons. The Morgan fingerprint density at radius 2 is 1.22 bits per heavy atom. The van der Waals surface area contributed by atoms with Crippen molar-refractivity contribution in [1.29, 1.82) is 0 Å². The molecule has 0 spiro atoms. The van der Waals surface area contributed by atoms with Crippen LogP contribution in [0.2, 0.25) is 0 Å². The molecule has 0 saturated heterocycles. The minimum Gasteiger partial charge on any atom is -0.852 e. The van der Waals surface area contributed by atoms with E-state index in [0.29, 0.717) is 0 Å². The summed E-state index contributed by atoms with van der Waals surface area (Å²) in [5.74, 6) is -1.35. The van der Waals surface area contributed by atoms with E-state index in [9.17, 15) is 25.2 Å². The van der Waals surface area contributed by atoms with Gasteiger partial charge in [0.05, 0.1) is 11.7 Å². The molecule has 0 aliphatic rings. The largest absolute Gasteiger partial charge is 0.852 e. The highest BCUT2D eigenvalue weighted by atomic mass is 35.5. The number of carboxylic acid groups (broad SMARTS) is 1. The summed E-state index contributed by atoms with van der Waals surface area (Å²) in [6.45, 7) is 9.67. The van der Waals surface area contributed by atoms with Crippen LogP contribution in [0, 0.1) is 0 Å². The van der Waals surface area contributed by atoms with E-state index in [-0.39, 0.29) is 36.0 Å². The maximum Gasteiger partial charge on any atom is 0.110 e. The number of hydrogen-bond acceptors (Lipinski definition) is 7. The molecular weight excluding hydrogens is 380 g/mol. The Labute approximate surface area is 167 Å². The summed E-state index contributed by atoms with van der Waals surface area (Å²) < 4.78 is 0. The molecule has 1 heterocycles. The third-order valence-electron chi connectivity index (χ3n) is 1.10. The van der Waals surface area contributed by atoms with Crippen LogP contribution in [0.4, 0.5) is 5.69 Å². The number of aromatic nitrogens is 1. The maximum atomic E-state index is 10.3. The summed E-state index contributed by atoms with van der Waals surface area (Å²) in [5, 5.41) is 38.9. The van der Waals surface area contributed by atoms with Gasteiger partial charge in [-0.05, 0) is 12.1 Å². The maximum absolute atomic E-state index is 10.3. The number of carbonyl (C=O) groups is 1. The summed E-state index contributed by atoms with van der Waals surface area (Å²) in [6, 6.07) is 3.06.